The Labute approximate surface area is 210 Å². The molecule has 1 N–H and O–H groups in total. The number of rotatable bonds is 5. The number of hydrogen-bond donors (Lipinski definition) is 1. The average molecular weight is 490 g/mol. The van der Waals surface area contributed by atoms with E-state index in [0.29, 0.717) is 31.6 Å². The molecule has 2 saturated heterocycles. The van der Waals surface area contributed by atoms with E-state index in [0.717, 1.165) is 30.4 Å². The number of carbonyl (C=O) groups excluding carboxylic acids is 4. The van der Waals surface area contributed by atoms with E-state index in [9.17, 15) is 19.2 Å². The highest BCUT2D eigenvalue weighted by molar-refractivity contribution is 6.05. The van der Waals surface area contributed by atoms with Gasteiger partial charge in [0.2, 0.25) is 5.91 Å². The minimum atomic E-state index is -0.916. The van der Waals surface area contributed by atoms with Gasteiger partial charge in [0, 0.05) is 37.5 Å². The van der Waals surface area contributed by atoms with Crippen LogP contribution in [0.1, 0.15) is 49.1 Å². The zero-order chi connectivity index (χ0) is 25.1. The van der Waals surface area contributed by atoms with Crippen molar-refractivity contribution in [2.45, 2.75) is 56.6 Å². The molecule has 0 saturated carbocycles. The van der Waals surface area contributed by atoms with Gasteiger partial charge in [-0.2, -0.15) is 0 Å². The maximum absolute atomic E-state index is 14.2. The molecule has 3 heterocycles. The van der Waals surface area contributed by atoms with Crippen molar-refractivity contribution in [1.29, 1.82) is 0 Å². The number of para-hydroxylation sites is 1. The lowest BCUT2D eigenvalue weighted by Crippen LogP contribution is -2.55. The number of benzene rings is 2. The van der Waals surface area contributed by atoms with Crippen molar-refractivity contribution in [2.75, 3.05) is 24.5 Å². The van der Waals surface area contributed by atoms with Crippen molar-refractivity contribution in [2.24, 2.45) is 0 Å². The first kappa shape index (κ1) is 24.0. The van der Waals surface area contributed by atoms with Crippen LogP contribution in [0.2, 0.25) is 0 Å². The van der Waals surface area contributed by atoms with Gasteiger partial charge in [0.05, 0.1) is 0 Å². The fraction of sp³-hybridized carbons (Fsp3) is 0.429. The molecule has 8 nitrogen and oxygen atoms in total. The van der Waals surface area contributed by atoms with Crippen LogP contribution < -0.4 is 10.2 Å². The van der Waals surface area contributed by atoms with Crippen LogP contribution in [-0.4, -0.2) is 60.4 Å². The summed E-state index contributed by atoms with van der Waals surface area (Å²) in [5, 5.41) is 2.91. The minimum Gasteiger partial charge on any atom is -0.452 e. The molecule has 188 valence electrons. The fourth-order valence-electron chi connectivity index (χ4n) is 5.43. The van der Waals surface area contributed by atoms with E-state index in [-0.39, 0.29) is 30.7 Å². The summed E-state index contributed by atoms with van der Waals surface area (Å²) >= 11 is 0. The Balaban J connectivity index is 1.49. The van der Waals surface area contributed by atoms with Gasteiger partial charge in [-0.1, -0.05) is 48.5 Å². The van der Waals surface area contributed by atoms with Gasteiger partial charge in [-0.15, -0.1) is 0 Å². The number of carbonyl (C=O) groups is 4. The van der Waals surface area contributed by atoms with E-state index in [2.05, 4.69) is 5.32 Å². The predicted octanol–water partition coefficient (Wildman–Crippen LogP) is 2.56. The first-order chi connectivity index (χ1) is 17.5. The standard InChI is InChI=1S/C28H31N3O5/c32-24(30-15-7-2-8-16-30)18-31-22-12-6-5-11-20(22)17-21(19-9-3-1-4-10-19)26(28(31)35)29-27(34)23-13-14-25(33)36-23/h1,3-6,9-12,21,23,26H,2,7-8,13-18H2,(H,29,34)/t21-,23+,26-/m1/s1. The van der Waals surface area contributed by atoms with Gasteiger partial charge in [0.15, 0.2) is 6.10 Å². The molecule has 0 radical (unpaired) electrons. The molecule has 3 amide bonds. The molecule has 2 aromatic carbocycles. The summed E-state index contributed by atoms with van der Waals surface area (Å²) in [6, 6.07) is 16.3. The van der Waals surface area contributed by atoms with Crippen LogP contribution in [0.25, 0.3) is 0 Å². The van der Waals surface area contributed by atoms with E-state index in [1.165, 1.54) is 4.90 Å². The van der Waals surface area contributed by atoms with Gasteiger partial charge in [0.25, 0.3) is 11.8 Å². The monoisotopic (exact) mass is 489 g/mol. The molecule has 36 heavy (non-hydrogen) atoms. The number of cyclic esters (lactones) is 1. The molecular formula is C28H31N3O5. The second-order valence-electron chi connectivity index (χ2n) is 9.72. The van der Waals surface area contributed by atoms with Crippen molar-refractivity contribution in [3.8, 4) is 0 Å². The highest BCUT2D eigenvalue weighted by Crippen LogP contribution is 2.35. The number of piperidine rings is 1. The zero-order valence-electron chi connectivity index (χ0n) is 20.2. The molecule has 8 heteroatoms. The van der Waals surface area contributed by atoms with Crippen LogP contribution in [0.15, 0.2) is 54.6 Å². The molecule has 0 spiro atoms. The summed E-state index contributed by atoms with van der Waals surface area (Å²) in [5.41, 5.74) is 2.55. The highest BCUT2D eigenvalue weighted by atomic mass is 16.6. The molecule has 2 aromatic rings. The zero-order valence-corrected chi connectivity index (χ0v) is 20.2. The Morgan fingerprint density at radius 2 is 1.67 bits per heavy atom. The lowest BCUT2D eigenvalue weighted by Gasteiger charge is -2.32. The Morgan fingerprint density at radius 3 is 2.39 bits per heavy atom. The quantitative estimate of drug-likeness (QED) is 0.652. The predicted molar refractivity (Wildman–Crippen MR) is 133 cm³/mol. The largest absolute Gasteiger partial charge is 0.452 e. The molecule has 3 atom stereocenters. The number of ether oxygens (including phenoxy) is 1. The minimum absolute atomic E-state index is 0.0812. The number of amides is 3. The molecule has 3 aliphatic heterocycles. The first-order valence-electron chi connectivity index (χ1n) is 12.7. The van der Waals surface area contributed by atoms with Crippen LogP contribution in [0.3, 0.4) is 0 Å². The van der Waals surface area contributed by atoms with Crippen molar-refractivity contribution in [3.05, 3.63) is 65.7 Å². The smallest absolute Gasteiger partial charge is 0.306 e. The number of esters is 1. The summed E-state index contributed by atoms with van der Waals surface area (Å²) in [6.07, 6.45) is 3.11. The molecule has 3 aliphatic rings. The van der Waals surface area contributed by atoms with E-state index in [4.69, 9.17) is 4.74 Å². The van der Waals surface area contributed by atoms with Gasteiger partial charge < -0.3 is 19.9 Å². The highest BCUT2D eigenvalue weighted by Gasteiger charge is 2.41. The van der Waals surface area contributed by atoms with Gasteiger partial charge in [0.1, 0.15) is 12.6 Å². The van der Waals surface area contributed by atoms with Crippen LogP contribution in [0.5, 0.6) is 0 Å². The second kappa shape index (κ2) is 10.5. The Kier molecular flexibility index (Phi) is 7.02. The van der Waals surface area contributed by atoms with E-state index in [1.807, 2.05) is 59.5 Å². The Morgan fingerprint density at radius 1 is 0.944 bits per heavy atom. The third-order valence-corrected chi connectivity index (χ3v) is 7.36. The summed E-state index contributed by atoms with van der Waals surface area (Å²) in [5.74, 6) is -1.67. The second-order valence-corrected chi connectivity index (χ2v) is 9.72. The Hall–Kier alpha value is -3.68. The number of nitrogens with one attached hydrogen (secondary N) is 1. The normalized spacial score (nSPS) is 24.1. The molecule has 5 rings (SSSR count). The SMILES string of the molecule is O=C1CC[C@@H](C(=O)N[C@H]2C(=O)N(CC(=O)N3CCCCC3)c3ccccc3C[C@@H]2c2ccccc2)O1. The van der Waals surface area contributed by atoms with Crippen molar-refractivity contribution in [1.82, 2.24) is 10.2 Å². The van der Waals surface area contributed by atoms with E-state index in [1.54, 1.807) is 0 Å². The topological polar surface area (TPSA) is 96.0 Å². The summed E-state index contributed by atoms with van der Waals surface area (Å²) in [6.45, 7) is 1.31. The lowest BCUT2D eigenvalue weighted by atomic mass is 9.86. The molecule has 0 unspecified atom stereocenters. The van der Waals surface area contributed by atoms with Crippen LogP contribution in [0, 0.1) is 0 Å². The Bertz CT molecular complexity index is 1140. The van der Waals surface area contributed by atoms with Gasteiger partial charge in [-0.25, -0.2) is 0 Å². The third kappa shape index (κ3) is 4.98. The fourth-order valence-corrected chi connectivity index (χ4v) is 5.43. The average Bonchev–Trinajstić information content (AvgIpc) is 3.32. The first-order valence-corrected chi connectivity index (χ1v) is 12.7. The van der Waals surface area contributed by atoms with Gasteiger partial charge in [-0.05, 0) is 42.9 Å². The molecule has 2 fully saturated rings. The molecule has 0 aromatic heterocycles. The molecular weight excluding hydrogens is 458 g/mol. The van der Waals surface area contributed by atoms with Crippen molar-refractivity contribution < 1.29 is 23.9 Å². The molecule has 0 bridgehead atoms. The maximum Gasteiger partial charge on any atom is 0.306 e. The maximum atomic E-state index is 14.2. The summed E-state index contributed by atoms with van der Waals surface area (Å²) in [7, 11) is 0. The van der Waals surface area contributed by atoms with Gasteiger partial charge >= 0.3 is 5.97 Å². The molecule has 0 aliphatic carbocycles. The number of fused-ring (bicyclic) bond motifs is 1. The number of hydrogen-bond acceptors (Lipinski definition) is 5. The van der Waals surface area contributed by atoms with Crippen LogP contribution in [0.4, 0.5) is 5.69 Å². The van der Waals surface area contributed by atoms with E-state index >= 15 is 0 Å². The van der Waals surface area contributed by atoms with Crippen LogP contribution >= 0.6 is 0 Å². The van der Waals surface area contributed by atoms with Crippen molar-refractivity contribution >= 4 is 29.4 Å². The van der Waals surface area contributed by atoms with E-state index < -0.39 is 24.0 Å². The summed E-state index contributed by atoms with van der Waals surface area (Å²) < 4.78 is 5.17. The third-order valence-electron chi connectivity index (χ3n) is 7.36. The lowest BCUT2D eigenvalue weighted by molar-refractivity contribution is -0.148. The summed E-state index contributed by atoms with van der Waals surface area (Å²) in [4.78, 5) is 55.5. The number of nitrogens with zero attached hydrogens (tertiary/aromatic N) is 2. The number of likely N-dealkylation sites (tertiary alicyclic amines) is 1. The van der Waals surface area contributed by atoms with Crippen molar-refractivity contribution in [3.63, 3.8) is 0 Å². The van der Waals surface area contributed by atoms with Gasteiger partial charge in [-0.3, -0.25) is 19.2 Å². The van der Waals surface area contributed by atoms with Crippen LogP contribution in [-0.2, 0) is 30.3 Å². The number of anilines is 1.